The molecule has 0 aromatic heterocycles. The molecule has 0 saturated heterocycles. The highest BCUT2D eigenvalue weighted by Crippen LogP contribution is 1.89. The molecule has 8 N–H and O–H groups in total. The van der Waals surface area contributed by atoms with Crippen LogP contribution in [0.1, 0.15) is 6.42 Å². The van der Waals surface area contributed by atoms with Crippen LogP contribution < -0.4 is 21.9 Å². The van der Waals surface area contributed by atoms with Crippen molar-refractivity contribution in [3.05, 3.63) is 0 Å². The van der Waals surface area contributed by atoms with E-state index < -0.39 is 8.56 Å². The molecule has 0 saturated carbocycles. The Labute approximate surface area is 50.4 Å². The molecule has 0 heterocycles. The SMILES string of the molecule is NCCC[Si](N)(N)N. The van der Waals surface area contributed by atoms with Crippen molar-refractivity contribution in [2.24, 2.45) is 21.9 Å². The van der Waals surface area contributed by atoms with Crippen molar-refractivity contribution in [3.63, 3.8) is 0 Å². The number of hydrogen-bond donors (Lipinski definition) is 4. The minimum Gasteiger partial charge on any atom is -0.330 e. The average molecular weight is 134 g/mol. The van der Waals surface area contributed by atoms with E-state index in [0.717, 1.165) is 6.42 Å². The van der Waals surface area contributed by atoms with Gasteiger partial charge in [-0.3, -0.25) is 0 Å². The minimum absolute atomic E-state index is 0.625. The summed E-state index contributed by atoms with van der Waals surface area (Å²) in [5.41, 5.74) is 5.19. The summed E-state index contributed by atoms with van der Waals surface area (Å²) in [7, 11) is -2.26. The molecule has 0 amide bonds. The molecule has 4 nitrogen and oxygen atoms in total. The zero-order valence-electron chi connectivity index (χ0n) is 4.93. The Balaban J connectivity index is 3.11. The molecule has 0 unspecified atom stereocenters. The summed E-state index contributed by atoms with van der Waals surface area (Å²) in [5, 5.41) is 16.1. The molecule has 0 atom stereocenters. The predicted molar refractivity (Wildman–Crippen MR) is 36.8 cm³/mol. The first-order chi connectivity index (χ1) is 3.56. The Morgan fingerprint density at radius 2 is 1.62 bits per heavy atom. The molecule has 0 rings (SSSR count). The van der Waals surface area contributed by atoms with Gasteiger partial charge in [0.1, 0.15) is 0 Å². The fourth-order valence-corrected chi connectivity index (χ4v) is 1.22. The normalized spacial score (nSPS) is 12.0. The number of nitrogens with two attached hydrogens (primary N) is 4. The summed E-state index contributed by atoms with van der Waals surface area (Å²) < 4.78 is 0. The van der Waals surface area contributed by atoms with Crippen LogP contribution in [0.3, 0.4) is 0 Å². The van der Waals surface area contributed by atoms with E-state index in [4.69, 9.17) is 21.9 Å². The first-order valence-electron chi connectivity index (χ1n) is 2.63. The third-order valence-electron chi connectivity index (χ3n) is 0.814. The molecule has 0 aromatic carbocycles. The van der Waals surface area contributed by atoms with Crippen LogP contribution in [0.15, 0.2) is 0 Å². The van der Waals surface area contributed by atoms with Crippen molar-refractivity contribution in [2.75, 3.05) is 6.54 Å². The van der Waals surface area contributed by atoms with Crippen molar-refractivity contribution < 1.29 is 0 Å². The minimum atomic E-state index is -2.26. The topological polar surface area (TPSA) is 104 Å². The van der Waals surface area contributed by atoms with E-state index in [9.17, 15) is 0 Å². The lowest BCUT2D eigenvalue weighted by Gasteiger charge is -2.12. The first kappa shape index (κ1) is 8.06. The van der Waals surface area contributed by atoms with Crippen LogP contribution in [0, 0.1) is 0 Å². The van der Waals surface area contributed by atoms with Crippen molar-refractivity contribution >= 4 is 8.56 Å². The Bertz CT molecular complexity index is 58.8. The summed E-state index contributed by atoms with van der Waals surface area (Å²) in [5.74, 6) is 0. The van der Waals surface area contributed by atoms with Gasteiger partial charge in [0.25, 0.3) is 8.56 Å². The molecule has 5 heteroatoms. The van der Waals surface area contributed by atoms with Crippen molar-refractivity contribution in [2.45, 2.75) is 12.5 Å². The third kappa shape index (κ3) is 6.06. The summed E-state index contributed by atoms with van der Waals surface area (Å²) >= 11 is 0. The van der Waals surface area contributed by atoms with Gasteiger partial charge in [-0.25, -0.2) is 0 Å². The predicted octanol–water partition coefficient (Wildman–Crippen LogP) is -1.85. The molecular weight excluding hydrogens is 120 g/mol. The molecule has 0 radical (unpaired) electrons. The molecule has 0 aromatic rings. The van der Waals surface area contributed by atoms with Crippen molar-refractivity contribution in [1.29, 1.82) is 0 Å². The molecule has 0 aliphatic rings. The Morgan fingerprint density at radius 1 is 1.12 bits per heavy atom. The fourth-order valence-electron chi connectivity index (χ4n) is 0.408. The molecule has 0 bridgehead atoms. The van der Waals surface area contributed by atoms with Crippen LogP contribution in [0.5, 0.6) is 0 Å². The van der Waals surface area contributed by atoms with Gasteiger partial charge in [0.2, 0.25) is 0 Å². The van der Waals surface area contributed by atoms with E-state index in [1.54, 1.807) is 0 Å². The number of rotatable bonds is 3. The van der Waals surface area contributed by atoms with E-state index in [1.807, 2.05) is 0 Å². The van der Waals surface area contributed by atoms with Crippen LogP contribution in [0.4, 0.5) is 0 Å². The van der Waals surface area contributed by atoms with Gasteiger partial charge in [0.05, 0.1) is 0 Å². The summed E-state index contributed by atoms with van der Waals surface area (Å²) in [6, 6.07) is 0.712. The molecule has 0 aliphatic heterocycles. The first-order valence-corrected chi connectivity index (χ1v) is 5.07. The van der Waals surface area contributed by atoms with E-state index in [2.05, 4.69) is 0 Å². The zero-order valence-corrected chi connectivity index (χ0v) is 5.93. The maximum Gasteiger partial charge on any atom is 0.273 e. The Morgan fingerprint density at radius 3 is 1.75 bits per heavy atom. The highest BCUT2D eigenvalue weighted by molar-refractivity contribution is 6.70. The lowest BCUT2D eigenvalue weighted by Crippen LogP contribution is -2.64. The van der Waals surface area contributed by atoms with Crippen LogP contribution in [-0.4, -0.2) is 15.1 Å². The largest absolute Gasteiger partial charge is 0.330 e. The van der Waals surface area contributed by atoms with Crippen molar-refractivity contribution in [3.8, 4) is 0 Å². The molecule has 0 spiro atoms. The molecule has 0 fully saturated rings. The second-order valence-electron chi connectivity index (χ2n) is 2.00. The Kier molecular flexibility index (Phi) is 3.18. The second kappa shape index (κ2) is 3.16. The van der Waals surface area contributed by atoms with E-state index in [1.165, 1.54) is 0 Å². The van der Waals surface area contributed by atoms with E-state index in [-0.39, 0.29) is 0 Å². The summed E-state index contributed by atoms with van der Waals surface area (Å²) in [6.07, 6.45) is 0.843. The maximum absolute atomic E-state index is 5.36. The summed E-state index contributed by atoms with van der Waals surface area (Å²) in [6.45, 7) is 0.625. The van der Waals surface area contributed by atoms with Gasteiger partial charge in [0.15, 0.2) is 0 Å². The van der Waals surface area contributed by atoms with E-state index >= 15 is 0 Å². The molecule has 8 heavy (non-hydrogen) atoms. The smallest absolute Gasteiger partial charge is 0.273 e. The van der Waals surface area contributed by atoms with Gasteiger partial charge < -0.3 is 21.9 Å². The van der Waals surface area contributed by atoms with Crippen LogP contribution in [-0.2, 0) is 0 Å². The number of hydrogen-bond acceptors (Lipinski definition) is 4. The molecular formula is C3H14N4Si. The van der Waals surface area contributed by atoms with Crippen LogP contribution in [0.2, 0.25) is 6.04 Å². The zero-order chi connectivity index (χ0) is 6.62. The average Bonchev–Trinajstić information content (AvgIpc) is 1.59. The quantitative estimate of drug-likeness (QED) is 0.340. The highest BCUT2D eigenvalue weighted by Gasteiger charge is 2.14. The summed E-state index contributed by atoms with van der Waals surface area (Å²) in [4.78, 5) is 0. The fraction of sp³-hybridized carbons (Fsp3) is 1.00. The van der Waals surface area contributed by atoms with Gasteiger partial charge in [-0.1, -0.05) is 0 Å². The van der Waals surface area contributed by atoms with Crippen LogP contribution in [0.25, 0.3) is 0 Å². The van der Waals surface area contributed by atoms with E-state index in [0.29, 0.717) is 12.6 Å². The highest BCUT2D eigenvalue weighted by atomic mass is 28.4. The van der Waals surface area contributed by atoms with Gasteiger partial charge >= 0.3 is 0 Å². The van der Waals surface area contributed by atoms with Crippen LogP contribution >= 0.6 is 0 Å². The van der Waals surface area contributed by atoms with Gasteiger partial charge in [-0.15, -0.1) is 0 Å². The van der Waals surface area contributed by atoms with Gasteiger partial charge in [-0.2, -0.15) is 0 Å². The van der Waals surface area contributed by atoms with Gasteiger partial charge in [0, 0.05) is 0 Å². The molecule has 50 valence electrons. The van der Waals surface area contributed by atoms with Crippen molar-refractivity contribution in [1.82, 2.24) is 0 Å². The second-order valence-corrected chi connectivity index (χ2v) is 4.73. The standard InChI is InChI=1S/C3H14N4Si/c4-2-1-3-8(5,6)7/h1-7H2. The molecule has 0 aliphatic carbocycles. The lowest BCUT2D eigenvalue weighted by atomic mass is 10.5. The van der Waals surface area contributed by atoms with Gasteiger partial charge in [-0.05, 0) is 19.0 Å². The maximum atomic E-state index is 5.36. The monoisotopic (exact) mass is 134 g/mol. The third-order valence-corrected chi connectivity index (χ3v) is 2.03. The Hall–Kier alpha value is 0.0569. The lowest BCUT2D eigenvalue weighted by molar-refractivity contribution is 0.902.